The summed E-state index contributed by atoms with van der Waals surface area (Å²) in [7, 11) is 10.3. The summed E-state index contributed by atoms with van der Waals surface area (Å²) in [5, 5.41) is 4.99. The number of H-pyrrole nitrogens is 2. The molecule has 0 aliphatic heterocycles. The van der Waals surface area contributed by atoms with E-state index < -0.39 is 10.1 Å². The third-order valence-electron chi connectivity index (χ3n) is 9.56. The number of benzene rings is 3. The number of aromatic nitrogens is 8. The number of halogens is 2. The zero-order chi connectivity index (χ0) is 52.3. The van der Waals surface area contributed by atoms with Gasteiger partial charge in [-0.25, -0.2) is 24.9 Å². The summed E-state index contributed by atoms with van der Waals surface area (Å²) < 4.78 is 34.8. The van der Waals surface area contributed by atoms with E-state index in [1.165, 1.54) is 28.0 Å². The fourth-order valence-electron chi connectivity index (χ4n) is 6.17. The molecule has 0 spiro atoms. The minimum Gasteiger partial charge on any atom is -0.383 e. The van der Waals surface area contributed by atoms with Crippen LogP contribution in [-0.2, 0) is 24.2 Å². The Morgan fingerprint density at radius 1 is 0.761 bits per heavy atom. The molecule has 5 heterocycles. The first-order chi connectivity index (χ1) is 33.4. The van der Waals surface area contributed by atoms with Gasteiger partial charge in [0.15, 0.2) is 5.96 Å². The number of amides is 2. The van der Waals surface area contributed by atoms with Crippen LogP contribution in [0.2, 0.25) is 0 Å². The maximum atomic E-state index is 12.2. The Bertz CT molecular complexity index is 3350. The monoisotopic (exact) mass is 1110 g/mol. The number of allylic oxidation sites excluding steroid dienone is 1. The van der Waals surface area contributed by atoms with Gasteiger partial charge in [0, 0.05) is 113 Å². The Kier molecular flexibility index (Phi) is 18.2. The second-order valence-electron chi connectivity index (χ2n) is 16.3. The van der Waals surface area contributed by atoms with Gasteiger partial charge in [0.1, 0.15) is 22.8 Å². The highest BCUT2D eigenvalue weighted by Crippen LogP contribution is 2.31. The molecule has 2 amide bonds. The lowest BCUT2D eigenvalue weighted by Crippen LogP contribution is -2.21. The van der Waals surface area contributed by atoms with Crippen LogP contribution in [0.5, 0.6) is 0 Å². The number of anilines is 2. The maximum absolute atomic E-state index is 12.2. The first kappa shape index (κ1) is 54.3. The Morgan fingerprint density at radius 2 is 1.32 bits per heavy atom. The summed E-state index contributed by atoms with van der Waals surface area (Å²) in [6.45, 7) is 1.84. The minimum atomic E-state index is -4.02. The van der Waals surface area contributed by atoms with Crippen LogP contribution in [0.25, 0.3) is 33.2 Å². The number of hydrogen-bond acceptors (Lipinski definition) is 12. The lowest BCUT2D eigenvalue weighted by atomic mass is 10.2. The Labute approximate surface area is 426 Å². The second kappa shape index (κ2) is 23.8. The van der Waals surface area contributed by atoms with E-state index >= 15 is 0 Å². The topological polar surface area (TPSA) is 285 Å². The molecule has 71 heavy (non-hydrogen) atoms. The molecule has 0 aliphatic rings. The Morgan fingerprint density at radius 3 is 1.83 bits per heavy atom. The number of nitrogens with two attached hydrogens (primary N) is 2. The van der Waals surface area contributed by atoms with Crippen LogP contribution in [0.15, 0.2) is 129 Å². The number of aryl methyl sites for hydroxylation is 3. The molecular formula is C47H53Br2N15O6S. The largest absolute Gasteiger partial charge is 0.383 e. The average molecular weight is 1120 g/mol. The highest BCUT2D eigenvalue weighted by atomic mass is 79.9. The third kappa shape index (κ3) is 15.4. The molecular weight excluding hydrogens is 1060 g/mol. The summed E-state index contributed by atoms with van der Waals surface area (Å²) in [4.78, 5) is 67.6. The molecule has 0 saturated carbocycles. The normalized spacial score (nSPS) is 10.9. The molecule has 8 aromatic rings. The van der Waals surface area contributed by atoms with Crippen LogP contribution in [0.1, 0.15) is 37.0 Å². The molecule has 0 bridgehead atoms. The van der Waals surface area contributed by atoms with E-state index in [0.717, 1.165) is 53.4 Å². The van der Waals surface area contributed by atoms with Gasteiger partial charge in [-0.1, -0.05) is 17.7 Å². The molecule has 8 N–H and O–H groups in total. The van der Waals surface area contributed by atoms with E-state index in [0.29, 0.717) is 28.7 Å². The first-order valence-electron chi connectivity index (χ1n) is 21.1. The number of carbonyl (C=O) groups is 3. The van der Waals surface area contributed by atoms with E-state index in [4.69, 9.17) is 16.0 Å². The van der Waals surface area contributed by atoms with Crippen molar-refractivity contribution < 1.29 is 27.4 Å². The highest BCUT2D eigenvalue weighted by molar-refractivity contribution is 9.11. The van der Waals surface area contributed by atoms with Crippen LogP contribution in [0, 0.1) is 6.92 Å². The number of aromatic amines is 2. The number of nitrogens with one attached hydrogen (secondary N) is 3. The molecule has 372 valence electrons. The minimum absolute atomic E-state index is 0.00798. The number of ketones is 1. The van der Waals surface area contributed by atoms with Gasteiger partial charge >= 0.3 is 0 Å². The van der Waals surface area contributed by atoms with Crippen LogP contribution in [0.3, 0.4) is 0 Å². The maximum Gasteiger partial charge on any atom is 0.294 e. The van der Waals surface area contributed by atoms with Gasteiger partial charge in [-0.3, -0.25) is 18.9 Å². The number of imidazole rings is 2. The summed E-state index contributed by atoms with van der Waals surface area (Å²) in [6, 6.07) is 18.9. The van der Waals surface area contributed by atoms with Crippen molar-refractivity contribution in [1.29, 1.82) is 0 Å². The molecule has 0 aliphatic carbocycles. The van der Waals surface area contributed by atoms with Gasteiger partial charge in [-0.15, -0.1) is 0 Å². The smallest absolute Gasteiger partial charge is 0.294 e. The predicted molar refractivity (Wildman–Crippen MR) is 282 cm³/mol. The van der Waals surface area contributed by atoms with E-state index in [2.05, 4.69) is 72.1 Å². The summed E-state index contributed by atoms with van der Waals surface area (Å²) in [5.74, 6) is 0.214. The number of nitrogens with zero attached hydrogens (tertiary/aromatic N) is 10. The van der Waals surface area contributed by atoms with Gasteiger partial charge in [0.05, 0.1) is 40.0 Å². The summed E-state index contributed by atoms with van der Waals surface area (Å²) in [5.41, 5.74) is 17.8. The molecule has 21 nitrogen and oxygen atoms in total. The molecule has 0 atom stereocenters. The molecule has 0 saturated heterocycles. The van der Waals surface area contributed by atoms with Crippen LogP contribution in [0.4, 0.5) is 17.3 Å². The standard InChI is InChI=1S/C19H18BrN7O.C12H14BrN5O.C9H13N3O.C7H8O3S/c1-26(2)18(28)15-7-11-6-12(8-13(20)17(11)24-15)23-19-21-5-4-14(25-19)16-9-27(3)10-22-16;1-18(2)11(19)9-4-6-3-7(16-12(14)15)5-8(13)10(6)17-9;1-11(2)5-4-9(13)8-6-12(3)7-10-8;1-6-2-4-7(5-3-6)11(8,9)10/h4-10,24H,1-3H3,(H,21,23,25);3-5,17H,1-2H3,(H4,14,15,16);4-7H,1-3H3;2-5H,1H3,(H,8,9,10)/b;;5-4+;. The quantitative estimate of drug-likeness (QED) is 0.0264. The molecule has 8 rings (SSSR count). The van der Waals surface area contributed by atoms with Crippen molar-refractivity contribution >= 4 is 105 Å². The summed E-state index contributed by atoms with van der Waals surface area (Å²) >= 11 is 6.99. The van der Waals surface area contributed by atoms with Crippen molar-refractivity contribution in [3.63, 3.8) is 0 Å². The Hall–Kier alpha value is -7.67. The van der Waals surface area contributed by atoms with Gasteiger partial charge in [0.25, 0.3) is 21.9 Å². The van der Waals surface area contributed by atoms with Crippen molar-refractivity contribution in [2.45, 2.75) is 11.8 Å². The van der Waals surface area contributed by atoms with Crippen LogP contribution < -0.4 is 16.8 Å². The number of guanidine groups is 1. The van der Waals surface area contributed by atoms with Crippen molar-refractivity contribution in [3.05, 3.63) is 142 Å². The van der Waals surface area contributed by atoms with E-state index in [1.54, 1.807) is 93.2 Å². The van der Waals surface area contributed by atoms with Gasteiger partial charge < -0.3 is 50.6 Å². The average Bonchev–Trinajstić information content (AvgIpc) is 4.13. The van der Waals surface area contributed by atoms with Crippen molar-refractivity contribution in [3.8, 4) is 11.4 Å². The SMILES string of the molecule is CN(C)/C=C/C(=O)c1cn(C)cn1.CN(C)C(=O)c1cc2cc(N=C(N)N)cc(Br)c2[nH]1.CN(C)C(=O)c1cc2cc(Nc3nccc(-c4cn(C)cn4)n3)cc(Br)c2[nH]1.Cc1ccc(S(=O)(=O)O)cc1. The number of fused-ring (bicyclic) bond motifs is 2. The second-order valence-corrected chi connectivity index (χ2v) is 19.4. The summed E-state index contributed by atoms with van der Waals surface area (Å²) in [6.07, 6.45) is 11.8. The third-order valence-corrected chi connectivity index (χ3v) is 11.7. The zero-order valence-electron chi connectivity index (χ0n) is 40.2. The zero-order valence-corrected chi connectivity index (χ0v) is 44.2. The number of rotatable bonds is 10. The lowest BCUT2D eigenvalue weighted by Gasteiger charge is -2.07. The number of hydrogen-bond donors (Lipinski definition) is 6. The number of carbonyl (C=O) groups excluding carboxylic acids is 3. The van der Waals surface area contributed by atoms with E-state index in [-0.39, 0.29) is 28.5 Å². The van der Waals surface area contributed by atoms with Crippen molar-refractivity contribution in [1.82, 2.24) is 53.7 Å². The molecule has 0 unspecified atom stereocenters. The molecule has 3 aromatic carbocycles. The van der Waals surface area contributed by atoms with Crippen LogP contribution in [-0.4, -0.2) is 133 Å². The fourth-order valence-corrected chi connectivity index (χ4v) is 7.79. The molecule has 24 heteroatoms. The fraction of sp³-hybridized carbons (Fsp3) is 0.191. The highest BCUT2D eigenvalue weighted by Gasteiger charge is 2.16. The van der Waals surface area contributed by atoms with E-state index in [9.17, 15) is 22.8 Å². The predicted octanol–water partition coefficient (Wildman–Crippen LogP) is 7.02. The van der Waals surface area contributed by atoms with E-state index in [1.807, 2.05) is 76.2 Å². The Balaban J connectivity index is 0.000000189. The molecule has 5 aromatic heterocycles. The van der Waals surface area contributed by atoms with Gasteiger partial charge in [0.2, 0.25) is 11.7 Å². The number of aliphatic imine (C=N–C) groups is 1. The van der Waals surface area contributed by atoms with Crippen LogP contribution >= 0.6 is 31.9 Å². The lowest BCUT2D eigenvalue weighted by molar-refractivity contribution is 0.0816. The molecule has 0 fully saturated rings. The molecule has 0 radical (unpaired) electrons. The van der Waals surface area contributed by atoms with Gasteiger partial charge in [-0.2, -0.15) is 8.42 Å². The van der Waals surface area contributed by atoms with Crippen molar-refractivity contribution in [2.24, 2.45) is 30.6 Å². The van der Waals surface area contributed by atoms with Gasteiger partial charge in [-0.05, 0) is 93.4 Å². The first-order valence-corrected chi connectivity index (χ1v) is 24.1. The van der Waals surface area contributed by atoms with Crippen molar-refractivity contribution in [2.75, 3.05) is 47.6 Å².